The van der Waals surface area contributed by atoms with E-state index in [0.29, 0.717) is 18.0 Å². The maximum absolute atomic E-state index is 9.73. The van der Waals surface area contributed by atoms with Crippen LogP contribution in [-0.2, 0) is 9.47 Å². The summed E-state index contributed by atoms with van der Waals surface area (Å²) in [5.41, 5.74) is 6.29. The van der Waals surface area contributed by atoms with Crippen LogP contribution in [0.2, 0.25) is 0 Å². The number of benzene rings is 1. The largest absolute Gasteiger partial charge is 0.489 e. The lowest BCUT2D eigenvalue weighted by Crippen LogP contribution is -2.27. The van der Waals surface area contributed by atoms with E-state index in [4.69, 9.17) is 19.9 Å². The third-order valence-electron chi connectivity index (χ3n) is 2.76. The average molecular weight is 253 g/mol. The SMILES string of the molecule is Nc1ccccc1OCC(O)COC1CCOC1. The molecule has 5 heteroatoms. The van der Waals surface area contributed by atoms with Crippen LogP contribution in [0.3, 0.4) is 0 Å². The molecule has 1 saturated heterocycles. The fraction of sp³-hybridized carbons (Fsp3) is 0.538. The van der Waals surface area contributed by atoms with Gasteiger partial charge in [-0.1, -0.05) is 12.1 Å². The molecule has 0 aliphatic carbocycles. The predicted octanol–water partition coefficient (Wildman–Crippen LogP) is 0.814. The third-order valence-corrected chi connectivity index (χ3v) is 2.76. The Kier molecular flexibility index (Phi) is 4.81. The van der Waals surface area contributed by atoms with Crippen LogP contribution in [0.25, 0.3) is 0 Å². The summed E-state index contributed by atoms with van der Waals surface area (Å²) in [7, 11) is 0. The molecule has 2 unspecified atom stereocenters. The van der Waals surface area contributed by atoms with Crippen molar-refractivity contribution in [2.75, 3.05) is 32.2 Å². The molecule has 0 saturated carbocycles. The molecule has 0 radical (unpaired) electrons. The molecule has 0 aromatic heterocycles. The number of nitrogen functional groups attached to an aromatic ring is 1. The van der Waals surface area contributed by atoms with Crippen molar-refractivity contribution in [3.8, 4) is 5.75 Å². The first-order chi connectivity index (χ1) is 8.75. The zero-order chi connectivity index (χ0) is 12.8. The molecule has 5 nitrogen and oxygen atoms in total. The van der Waals surface area contributed by atoms with E-state index in [1.54, 1.807) is 12.1 Å². The lowest BCUT2D eigenvalue weighted by atomic mass is 10.3. The minimum absolute atomic E-state index is 0.0986. The standard InChI is InChI=1S/C13H19NO4/c14-12-3-1-2-4-13(12)18-8-10(15)7-17-11-5-6-16-9-11/h1-4,10-11,15H,5-9,14H2. The number of aliphatic hydroxyl groups is 1. The van der Waals surface area contributed by atoms with E-state index in [2.05, 4.69) is 0 Å². The van der Waals surface area contributed by atoms with Gasteiger partial charge >= 0.3 is 0 Å². The van der Waals surface area contributed by atoms with Crippen LogP contribution >= 0.6 is 0 Å². The number of hydrogen-bond donors (Lipinski definition) is 2. The van der Waals surface area contributed by atoms with Gasteiger partial charge in [-0.25, -0.2) is 0 Å². The number of rotatable bonds is 6. The summed E-state index contributed by atoms with van der Waals surface area (Å²) < 4.78 is 16.1. The highest BCUT2D eigenvalue weighted by Gasteiger charge is 2.17. The van der Waals surface area contributed by atoms with Crippen molar-refractivity contribution in [3.05, 3.63) is 24.3 Å². The highest BCUT2D eigenvalue weighted by molar-refractivity contribution is 5.51. The summed E-state index contributed by atoms with van der Waals surface area (Å²) in [4.78, 5) is 0. The average Bonchev–Trinajstić information content (AvgIpc) is 2.88. The minimum atomic E-state index is -0.662. The Morgan fingerprint density at radius 2 is 2.22 bits per heavy atom. The fourth-order valence-corrected chi connectivity index (χ4v) is 1.74. The van der Waals surface area contributed by atoms with Gasteiger partial charge in [0.2, 0.25) is 0 Å². The Hall–Kier alpha value is -1.30. The van der Waals surface area contributed by atoms with E-state index in [0.717, 1.165) is 13.0 Å². The van der Waals surface area contributed by atoms with Gasteiger partial charge in [-0.15, -0.1) is 0 Å². The zero-order valence-electron chi connectivity index (χ0n) is 10.2. The summed E-state index contributed by atoms with van der Waals surface area (Å²) in [5, 5.41) is 9.73. The summed E-state index contributed by atoms with van der Waals surface area (Å²) in [5.74, 6) is 0.584. The summed E-state index contributed by atoms with van der Waals surface area (Å²) >= 11 is 0. The van der Waals surface area contributed by atoms with Crippen LogP contribution < -0.4 is 10.5 Å². The van der Waals surface area contributed by atoms with E-state index >= 15 is 0 Å². The first kappa shape index (κ1) is 13.1. The molecule has 3 N–H and O–H groups in total. The fourth-order valence-electron chi connectivity index (χ4n) is 1.74. The molecule has 1 aliphatic rings. The van der Waals surface area contributed by atoms with E-state index in [9.17, 15) is 5.11 Å². The molecule has 0 spiro atoms. The first-order valence-electron chi connectivity index (χ1n) is 6.10. The second-order valence-corrected chi connectivity index (χ2v) is 4.32. The topological polar surface area (TPSA) is 73.9 Å². The molecule has 1 heterocycles. The minimum Gasteiger partial charge on any atom is -0.489 e. The van der Waals surface area contributed by atoms with Gasteiger partial charge in [-0.05, 0) is 18.6 Å². The molecule has 1 aromatic rings. The number of aliphatic hydroxyl groups excluding tert-OH is 1. The second-order valence-electron chi connectivity index (χ2n) is 4.32. The van der Waals surface area contributed by atoms with Gasteiger partial charge in [0.25, 0.3) is 0 Å². The third kappa shape index (κ3) is 3.87. The Morgan fingerprint density at radius 1 is 1.39 bits per heavy atom. The lowest BCUT2D eigenvalue weighted by molar-refractivity contribution is -0.0263. The molecule has 18 heavy (non-hydrogen) atoms. The van der Waals surface area contributed by atoms with Crippen molar-refractivity contribution in [1.29, 1.82) is 0 Å². The first-order valence-corrected chi connectivity index (χ1v) is 6.10. The van der Waals surface area contributed by atoms with Crippen molar-refractivity contribution in [3.63, 3.8) is 0 Å². The molecule has 1 fully saturated rings. The van der Waals surface area contributed by atoms with Crippen molar-refractivity contribution in [2.45, 2.75) is 18.6 Å². The molecule has 2 atom stereocenters. The van der Waals surface area contributed by atoms with Gasteiger partial charge in [0.15, 0.2) is 0 Å². The van der Waals surface area contributed by atoms with E-state index in [1.165, 1.54) is 0 Å². The predicted molar refractivity (Wildman–Crippen MR) is 67.5 cm³/mol. The maximum Gasteiger partial charge on any atom is 0.142 e. The molecule has 2 rings (SSSR count). The number of para-hydroxylation sites is 2. The van der Waals surface area contributed by atoms with Gasteiger partial charge < -0.3 is 25.1 Å². The van der Waals surface area contributed by atoms with E-state index in [1.807, 2.05) is 12.1 Å². The second kappa shape index (κ2) is 6.58. The maximum atomic E-state index is 9.73. The summed E-state index contributed by atoms with van der Waals surface area (Å²) in [6, 6.07) is 7.20. The van der Waals surface area contributed by atoms with Crippen molar-refractivity contribution >= 4 is 5.69 Å². The molecule has 1 aromatic carbocycles. The Labute approximate surface area is 106 Å². The van der Waals surface area contributed by atoms with E-state index < -0.39 is 6.10 Å². The summed E-state index contributed by atoms with van der Waals surface area (Å²) in [6.07, 6.45) is 0.325. The van der Waals surface area contributed by atoms with Gasteiger partial charge in [0.05, 0.1) is 25.0 Å². The Bertz CT molecular complexity index is 366. The van der Waals surface area contributed by atoms with Crippen LogP contribution in [-0.4, -0.2) is 43.7 Å². The highest BCUT2D eigenvalue weighted by atomic mass is 16.6. The summed E-state index contributed by atoms with van der Waals surface area (Å²) in [6.45, 7) is 1.76. The monoisotopic (exact) mass is 253 g/mol. The molecule has 1 aliphatic heterocycles. The van der Waals surface area contributed by atoms with Crippen LogP contribution in [0.1, 0.15) is 6.42 Å². The van der Waals surface area contributed by atoms with Crippen LogP contribution in [0.4, 0.5) is 5.69 Å². The number of anilines is 1. The number of hydrogen-bond acceptors (Lipinski definition) is 5. The highest BCUT2D eigenvalue weighted by Crippen LogP contribution is 2.19. The van der Waals surface area contributed by atoms with Gasteiger partial charge in [-0.3, -0.25) is 0 Å². The van der Waals surface area contributed by atoms with Crippen LogP contribution in [0, 0.1) is 0 Å². The number of nitrogens with two attached hydrogens (primary N) is 1. The Balaban J connectivity index is 1.68. The van der Waals surface area contributed by atoms with Gasteiger partial charge in [-0.2, -0.15) is 0 Å². The lowest BCUT2D eigenvalue weighted by Gasteiger charge is -2.16. The molecule has 0 bridgehead atoms. The molecule has 100 valence electrons. The van der Waals surface area contributed by atoms with Gasteiger partial charge in [0.1, 0.15) is 18.5 Å². The molecular formula is C13H19NO4. The quantitative estimate of drug-likeness (QED) is 0.734. The van der Waals surface area contributed by atoms with Crippen molar-refractivity contribution in [1.82, 2.24) is 0 Å². The normalized spacial score (nSPS) is 20.8. The number of ether oxygens (including phenoxy) is 3. The molecule has 0 amide bonds. The van der Waals surface area contributed by atoms with E-state index in [-0.39, 0.29) is 19.3 Å². The zero-order valence-corrected chi connectivity index (χ0v) is 10.2. The van der Waals surface area contributed by atoms with Crippen LogP contribution in [0.15, 0.2) is 24.3 Å². The van der Waals surface area contributed by atoms with Crippen molar-refractivity contribution < 1.29 is 19.3 Å². The Morgan fingerprint density at radius 3 is 2.94 bits per heavy atom. The smallest absolute Gasteiger partial charge is 0.142 e. The van der Waals surface area contributed by atoms with Crippen LogP contribution in [0.5, 0.6) is 5.75 Å². The van der Waals surface area contributed by atoms with Gasteiger partial charge in [0, 0.05) is 6.61 Å². The van der Waals surface area contributed by atoms with Crippen molar-refractivity contribution in [2.24, 2.45) is 0 Å². The molecular weight excluding hydrogens is 234 g/mol.